The van der Waals surface area contributed by atoms with Crippen LogP contribution in [-0.4, -0.2) is 10.2 Å². The Morgan fingerprint density at radius 1 is 1.15 bits per heavy atom. The van der Waals surface area contributed by atoms with Crippen molar-refractivity contribution in [3.63, 3.8) is 0 Å². The van der Waals surface area contributed by atoms with Gasteiger partial charge < -0.3 is 15.4 Å². The van der Waals surface area contributed by atoms with Crippen LogP contribution in [0.1, 0.15) is 37.4 Å². The minimum Gasteiger partial charge on any atom is -0.618 e. The van der Waals surface area contributed by atoms with Gasteiger partial charge in [0.1, 0.15) is 12.2 Å². The van der Waals surface area contributed by atoms with Crippen molar-refractivity contribution in [3.05, 3.63) is 34.8 Å². The molecule has 0 bridgehead atoms. The highest BCUT2D eigenvalue weighted by Crippen LogP contribution is 2.11. The zero-order chi connectivity index (χ0) is 10.0. The first-order valence-corrected chi connectivity index (χ1v) is 4.12. The summed E-state index contributed by atoms with van der Waals surface area (Å²) in [6, 6.07) is 4.70. The van der Waals surface area contributed by atoms with E-state index in [1.807, 2.05) is 0 Å². The van der Waals surface area contributed by atoms with Crippen LogP contribution in [0.3, 0.4) is 0 Å². The van der Waals surface area contributed by atoms with Gasteiger partial charge in [0.05, 0.1) is 0 Å². The average molecular weight is 183 g/mol. The summed E-state index contributed by atoms with van der Waals surface area (Å²) < 4.78 is 0.565. The van der Waals surface area contributed by atoms with Crippen molar-refractivity contribution in [2.75, 3.05) is 0 Å². The maximum absolute atomic E-state index is 11.4. The molecule has 2 N–H and O–H groups in total. The first-order valence-electron chi connectivity index (χ1n) is 4.12. The van der Waals surface area contributed by atoms with Crippen molar-refractivity contribution in [2.45, 2.75) is 26.1 Å². The van der Waals surface area contributed by atoms with Gasteiger partial charge in [-0.2, -0.15) is 4.73 Å². The lowest BCUT2D eigenvalue weighted by Crippen LogP contribution is -2.38. The van der Waals surface area contributed by atoms with Gasteiger partial charge in [-0.15, -0.1) is 0 Å². The molecule has 0 aromatic carbocycles. The zero-order valence-corrected chi connectivity index (χ0v) is 7.64. The second-order valence-electron chi connectivity index (χ2n) is 3.02. The summed E-state index contributed by atoms with van der Waals surface area (Å²) in [5.74, 6) is 0. The number of nitrogens with zero attached hydrogens (tertiary/aromatic N) is 1. The van der Waals surface area contributed by atoms with Crippen LogP contribution < -0.4 is 4.73 Å². The van der Waals surface area contributed by atoms with Gasteiger partial charge in [-0.1, -0.05) is 0 Å². The fraction of sp³-hybridized carbons (Fsp3) is 0.444. The summed E-state index contributed by atoms with van der Waals surface area (Å²) in [4.78, 5) is 0. The van der Waals surface area contributed by atoms with E-state index in [9.17, 15) is 15.4 Å². The Hall–Kier alpha value is -1.13. The quantitative estimate of drug-likeness (QED) is 0.516. The second-order valence-corrected chi connectivity index (χ2v) is 3.02. The average Bonchev–Trinajstić information content (AvgIpc) is 2.03. The molecule has 1 aromatic heterocycles. The van der Waals surface area contributed by atoms with Crippen LogP contribution in [0.4, 0.5) is 0 Å². The number of hydrogen-bond donors (Lipinski definition) is 2. The third-order valence-corrected chi connectivity index (χ3v) is 1.86. The molecule has 0 spiro atoms. The van der Waals surface area contributed by atoms with E-state index in [0.29, 0.717) is 4.73 Å². The summed E-state index contributed by atoms with van der Waals surface area (Å²) in [6.07, 6.45) is -1.65. The minimum atomic E-state index is -0.823. The number of pyridine rings is 1. The molecule has 4 nitrogen and oxygen atoms in total. The molecule has 0 amide bonds. The molecule has 1 aromatic rings. The number of hydrogen-bond acceptors (Lipinski definition) is 3. The van der Waals surface area contributed by atoms with Crippen LogP contribution in [-0.2, 0) is 0 Å². The SMILES string of the molecule is C[C@H](O)c1cccc([C@H](C)O)[n+]1[O-]. The lowest BCUT2D eigenvalue weighted by molar-refractivity contribution is -0.630. The molecule has 13 heavy (non-hydrogen) atoms. The van der Waals surface area contributed by atoms with E-state index in [0.717, 1.165) is 0 Å². The van der Waals surface area contributed by atoms with Crippen molar-refractivity contribution in [1.82, 2.24) is 0 Å². The molecule has 0 unspecified atom stereocenters. The Morgan fingerprint density at radius 3 is 1.85 bits per heavy atom. The molecule has 0 saturated heterocycles. The van der Waals surface area contributed by atoms with Crippen molar-refractivity contribution in [2.24, 2.45) is 0 Å². The maximum atomic E-state index is 11.4. The van der Waals surface area contributed by atoms with Crippen molar-refractivity contribution in [3.8, 4) is 0 Å². The Balaban J connectivity index is 3.18. The lowest BCUT2D eigenvalue weighted by Gasteiger charge is -2.11. The van der Waals surface area contributed by atoms with Crippen LogP contribution >= 0.6 is 0 Å². The number of aromatic nitrogens is 1. The van der Waals surface area contributed by atoms with Gasteiger partial charge in [0.25, 0.3) is 0 Å². The number of aliphatic hydroxyl groups excluding tert-OH is 2. The molecule has 72 valence electrons. The van der Waals surface area contributed by atoms with E-state index >= 15 is 0 Å². The summed E-state index contributed by atoms with van der Waals surface area (Å²) in [7, 11) is 0. The maximum Gasteiger partial charge on any atom is 0.221 e. The Kier molecular flexibility index (Phi) is 2.85. The molecule has 0 saturated carbocycles. The van der Waals surface area contributed by atoms with Gasteiger partial charge in [0, 0.05) is 12.1 Å². The highest BCUT2D eigenvalue weighted by molar-refractivity contribution is 5.07. The van der Waals surface area contributed by atoms with E-state index in [-0.39, 0.29) is 11.4 Å². The molecule has 0 radical (unpaired) electrons. The predicted octanol–water partition coefficient (Wildman–Crippen LogP) is 0.427. The van der Waals surface area contributed by atoms with E-state index in [4.69, 9.17) is 0 Å². The normalized spacial score (nSPS) is 15.4. The largest absolute Gasteiger partial charge is 0.618 e. The molecular formula is C9H13NO3. The first-order chi connectivity index (χ1) is 6.04. The summed E-state index contributed by atoms with van der Waals surface area (Å²) in [5, 5.41) is 29.9. The van der Waals surface area contributed by atoms with Crippen molar-refractivity contribution < 1.29 is 14.9 Å². The lowest BCUT2D eigenvalue weighted by atomic mass is 10.2. The van der Waals surface area contributed by atoms with Gasteiger partial charge in [0.15, 0.2) is 0 Å². The number of aliphatic hydroxyl groups is 2. The highest BCUT2D eigenvalue weighted by atomic mass is 16.5. The smallest absolute Gasteiger partial charge is 0.221 e. The van der Waals surface area contributed by atoms with Crippen LogP contribution in [0.25, 0.3) is 0 Å². The fourth-order valence-electron chi connectivity index (χ4n) is 1.15. The molecule has 0 fully saturated rings. The molecular weight excluding hydrogens is 170 g/mol. The van der Waals surface area contributed by atoms with Gasteiger partial charge in [-0.05, 0) is 19.9 Å². The van der Waals surface area contributed by atoms with E-state index < -0.39 is 12.2 Å². The minimum absolute atomic E-state index is 0.249. The topological polar surface area (TPSA) is 67.4 Å². The van der Waals surface area contributed by atoms with Gasteiger partial charge in [0.2, 0.25) is 11.4 Å². The predicted molar refractivity (Wildman–Crippen MR) is 46.7 cm³/mol. The molecule has 0 aliphatic carbocycles. The molecule has 0 aliphatic rings. The summed E-state index contributed by atoms with van der Waals surface area (Å²) >= 11 is 0. The monoisotopic (exact) mass is 183 g/mol. The summed E-state index contributed by atoms with van der Waals surface area (Å²) in [6.45, 7) is 3.02. The second kappa shape index (κ2) is 3.72. The molecule has 2 atom stereocenters. The highest BCUT2D eigenvalue weighted by Gasteiger charge is 2.18. The Bertz CT molecular complexity index is 271. The Labute approximate surface area is 76.7 Å². The van der Waals surface area contributed by atoms with Crippen LogP contribution in [0.5, 0.6) is 0 Å². The van der Waals surface area contributed by atoms with Crippen molar-refractivity contribution >= 4 is 0 Å². The van der Waals surface area contributed by atoms with Crippen molar-refractivity contribution in [1.29, 1.82) is 0 Å². The van der Waals surface area contributed by atoms with E-state index in [1.54, 1.807) is 6.07 Å². The van der Waals surface area contributed by atoms with Gasteiger partial charge in [-0.3, -0.25) is 0 Å². The van der Waals surface area contributed by atoms with Crippen LogP contribution in [0.15, 0.2) is 18.2 Å². The molecule has 0 aliphatic heterocycles. The number of rotatable bonds is 2. The fourth-order valence-corrected chi connectivity index (χ4v) is 1.15. The van der Waals surface area contributed by atoms with Gasteiger partial charge >= 0.3 is 0 Å². The standard InChI is InChI=1S/C9H13NO3/c1-6(11)8-4-3-5-9(7(2)12)10(8)13/h3-7,11-12H,1-2H3/t6-,7-/m0/s1. The molecule has 4 heteroatoms. The van der Waals surface area contributed by atoms with E-state index in [2.05, 4.69) is 0 Å². The third-order valence-electron chi connectivity index (χ3n) is 1.86. The first kappa shape index (κ1) is 9.95. The third kappa shape index (κ3) is 1.96. The van der Waals surface area contributed by atoms with Gasteiger partial charge in [-0.25, -0.2) is 0 Å². The Morgan fingerprint density at radius 2 is 1.54 bits per heavy atom. The molecule has 1 rings (SSSR count). The van der Waals surface area contributed by atoms with E-state index in [1.165, 1.54) is 26.0 Å². The zero-order valence-electron chi connectivity index (χ0n) is 7.64. The molecule has 1 heterocycles. The van der Waals surface area contributed by atoms with Crippen LogP contribution in [0.2, 0.25) is 0 Å². The summed E-state index contributed by atoms with van der Waals surface area (Å²) in [5.41, 5.74) is 0.497. The van der Waals surface area contributed by atoms with Crippen LogP contribution in [0, 0.1) is 5.21 Å².